The summed E-state index contributed by atoms with van der Waals surface area (Å²) >= 11 is 2.40. The summed E-state index contributed by atoms with van der Waals surface area (Å²) < 4.78 is 5.01. The number of oxime groups is 1. The summed E-state index contributed by atoms with van der Waals surface area (Å²) in [6.07, 6.45) is 0. The van der Waals surface area contributed by atoms with Gasteiger partial charge in [-0.15, -0.1) is 23.1 Å². The fourth-order valence-corrected chi connectivity index (χ4v) is 8.57. The molecule has 0 bridgehead atoms. The van der Waals surface area contributed by atoms with Crippen LogP contribution in [-0.2, 0) is 34.3 Å². The Morgan fingerprint density at radius 3 is 1.96 bits per heavy atom. The van der Waals surface area contributed by atoms with Gasteiger partial charge < -0.3 is 25.3 Å². The number of carbonyl (C=O) groups excluding carboxylic acids is 4. The van der Waals surface area contributed by atoms with E-state index in [1.165, 1.54) is 42.2 Å². The van der Waals surface area contributed by atoms with E-state index < -0.39 is 46.7 Å². The minimum Gasteiger partial charge on any atom is -0.477 e. The molecule has 1 saturated heterocycles. The first-order chi connectivity index (χ1) is 27.2. The van der Waals surface area contributed by atoms with E-state index in [4.69, 9.17) is 14.6 Å². The van der Waals surface area contributed by atoms with E-state index in [0.29, 0.717) is 5.13 Å². The van der Waals surface area contributed by atoms with Crippen molar-refractivity contribution in [1.29, 1.82) is 0 Å². The monoisotopic (exact) mass is 787 g/mol. The van der Waals surface area contributed by atoms with Crippen LogP contribution in [0.3, 0.4) is 0 Å². The molecule has 7 rings (SSSR count). The second-order valence-electron chi connectivity index (χ2n) is 12.6. The van der Waals surface area contributed by atoms with Crippen molar-refractivity contribution in [3.05, 3.63) is 166 Å². The zero-order valence-corrected chi connectivity index (χ0v) is 31.3. The van der Waals surface area contributed by atoms with Gasteiger partial charge in [0.05, 0.1) is 5.56 Å². The van der Waals surface area contributed by atoms with Gasteiger partial charge >= 0.3 is 17.9 Å². The van der Waals surface area contributed by atoms with Gasteiger partial charge in [-0.25, -0.2) is 14.6 Å². The zero-order chi connectivity index (χ0) is 39.2. The molecule has 56 heavy (non-hydrogen) atoms. The quantitative estimate of drug-likeness (QED) is 0.0348. The third kappa shape index (κ3) is 7.54. The maximum Gasteiger partial charge on any atom is 0.365 e. The molecule has 2 amide bonds. The summed E-state index contributed by atoms with van der Waals surface area (Å²) in [5, 5.41) is 21.5. The van der Waals surface area contributed by atoms with E-state index >= 15 is 0 Å². The number of β-lactam (4-membered cyclic amide) rings is 1. The Hall–Kier alpha value is -6.58. The summed E-state index contributed by atoms with van der Waals surface area (Å²) in [4.78, 5) is 75.2. The largest absolute Gasteiger partial charge is 0.477 e. The molecule has 2 aliphatic heterocycles. The molecule has 3 N–H and O–H groups in total. The van der Waals surface area contributed by atoms with Crippen LogP contribution < -0.4 is 10.6 Å². The number of thiazole rings is 1. The van der Waals surface area contributed by atoms with Gasteiger partial charge in [-0.3, -0.25) is 19.3 Å². The molecule has 0 radical (unpaired) electrons. The third-order valence-electron chi connectivity index (χ3n) is 9.09. The number of rotatable bonds is 13. The Morgan fingerprint density at radius 2 is 1.43 bits per heavy atom. The molecule has 5 aromatic rings. The highest BCUT2D eigenvalue weighted by Crippen LogP contribution is 2.42. The Morgan fingerprint density at radius 1 is 0.875 bits per heavy atom. The van der Waals surface area contributed by atoms with Crippen LogP contribution >= 0.6 is 23.1 Å². The van der Waals surface area contributed by atoms with Crippen molar-refractivity contribution in [3.8, 4) is 0 Å². The first kappa shape index (κ1) is 37.7. The average Bonchev–Trinajstić information content (AvgIpc) is 3.69. The molecule has 0 aliphatic carbocycles. The van der Waals surface area contributed by atoms with E-state index in [-0.39, 0.29) is 40.6 Å². The lowest BCUT2D eigenvalue weighted by Crippen LogP contribution is -2.71. The van der Waals surface area contributed by atoms with Crippen LogP contribution in [0.2, 0.25) is 0 Å². The lowest BCUT2D eigenvalue weighted by atomic mass is 9.77. The van der Waals surface area contributed by atoms with E-state index in [1.54, 1.807) is 23.6 Å². The number of esters is 1. The highest BCUT2D eigenvalue weighted by molar-refractivity contribution is 8.00. The fourth-order valence-electron chi connectivity index (χ4n) is 6.49. The molecule has 4 aromatic carbocycles. The molecular formula is C41H33N5O8S2. The van der Waals surface area contributed by atoms with Crippen molar-refractivity contribution in [2.75, 3.05) is 17.7 Å². The number of thioether (sulfide) groups is 1. The third-order valence-corrected chi connectivity index (χ3v) is 11.2. The van der Waals surface area contributed by atoms with Gasteiger partial charge in [0.2, 0.25) is 0 Å². The summed E-state index contributed by atoms with van der Waals surface area (Å²) in [5.74, 6) is -4.23. The Labute approximate surface area is 329 Å². The van der Waals surface area contributed by atoms with Crippen LogP contribution in [0.15, 0.2) is 143 Å². The first-order valence-corrected chi connectivity index (χ1v) is 19.2. The topological polar surface area (TPSA) is 177 Å². The lowest BCUT2D eigenvalue weighted by molar-refractivity contribution is -0.150. The van der Waals surface area contributed by atoms with Crippen molar-refractivity contribution < 1.29 is 38.7 Å². The van der Waals surface area contributed by atoms with E-state index in [9.17, 15) is 29.1 Å². The second kappa shape index (κ2) is 16.4. The van der Waals surface area contributed by atoms with Gasteiger partial charge in [0.15, 0.2) is 10.8 Å². The first-order valence-electron chi connectivity index (χ1n) is 17.3. The van der Waals surface area contributed by atoms with Crippen molar-refractivity contribution in [1.82, 2.24) is 15.2 Å². The molecule has 282 valence electrons. The van der Waals surface area contributed by atoms with Crippen molar-refractivity contribution in [2.45, 2.75) is 23.9 Å². The number of hydrogen-bond donors (Lipinski definition) is 3. The zero-order valence-electron chi connectivity index (χ0n) is 29.7. The van der Waals surface area contributed by atoms with Crippen LogP contribution in [0.4, 0.5) is 5.13 Å². The normalized spacial score (nSPS) is 16.6. The number of carbonyl (C=O) groups is 5. The minimum atomic E-state index is -1.37. The van der Waals surface area contributed by atoms with Crippen LogP contribution in [0.5, 0.6) is 0 Å². The van der Waals surface area contributed by atoms with E-state index in [2.05, 4.69) is 15.8 Å². The molecule has 2 atom stereocenters. The maximum atomic E-state index is 14.1. The highest BCUT2D eigenvalue weighted by atomic mass is 32.2. The molecule has 1 fully saturated rings. The van der Waals surface area contributed by atoms with E-state index in [1.807, 2.05) is 91.0 Å². The number of carboxylic acids is 1. The minimum absolute atomic E-state index is 0.0497. The van der Waals surface area contributed by atoms with Gasteiger partial charge in [0.1, 0.15) is 35.0 Å². The molecule has 13 nitrogen and oxygen atoms in total. The van der Waals surface area contributed by atoms with Crippen molar-refractivity contribution >= 4 is 63.7 Å². The number of nitrogens with zero attached hydrogens (tertiary/aromatic N) is 3. The smallest absolute Gasteiger partial charge is 0.365 e. The summed E-state index contributed by atoms with van der Waals surface area (Å²) in [6, 6.07) is 36.5. The Bertz CT molecular complexity index is 2240. The second-order valence-corrected chi connectivity index (χ2v) is 14.6. The van der Waals surface area contributed by atoms with Crippen molar-refractivity contribution in [3.63, 3.8) is 0 Å². The molecule has 1 aromatic heterocycles. The van der Waals surface area contributed by atoms with Crippen molar-refractivity contribution in [2.24, 2.45) is 5.16 Å². The highest BCUT2D eigenvalue weighted by Gasteiger charge is 2.54. The molecule has 0 saturated carbocycles. The van der Waals surface area contributed by atoms with Gasteiger partial charge in [0, 0.05) is 23.6 Å². The van der Waals surface area contributed by atoms with E-state index in [0.717, 1.165) is 21.6 Å². The van der Waals surface area contributed by atoms with Gasteiger partial charge in [-0.05, 0) is 28.8 Å². The number of aliphatic carboxylic acids is 1. The van der Waals surface area contributed by atoms with Crippen LogP contribution in [-0.4, -0.2) is 74.2 Å². The SMILES string of the molecule is CC(=O)OCC1=C(C(=O)O)N2C(=O)C(NC(=O)C(=NOC(=O)c3ccccc3)c3csc(NC(c4ccccc4)(c4ccccc4)c4ccccc4)n3)[C@H]2SC1. The fraction of sp³-hybridized carbons (Fsp3) is 0.146. The molecule has 15 heteroatoms. The molecule has 2 aliphatic rings. The Balaban J connectivity index is 1.22. The number of hydrogen-bond acceptors (Lipinski definition) is 12. The van der Waals surface area contributed by atoms with Gasteiger partial charge in [0.25, 0.3) is 11.8 Å². The number of amides is 2. The number of nitrogens with one attached hydrogen (secondary N) is 2. The van der Waals surface area contributed by atoms with Crippen LogP contribution in [0.1, 0.15) is 39.7 Å². The molecule has 1 unspecified atom stereocenters. The maximum absolute atomic E-state index is 14.1. The van der Waals surface area contributed by atoms with Gasteiger partial charge in [-0.2, -0.15) is 0 Å². The standard InChI is InChI=1S/C41H33N5O8S2/c1-25(47)53-22-27-23-55-37-33(36(49)46(37)34(27)38(50)51)43-35(48)32(45-54-39(52)26-14-6-2-7-15-26)31-24-56-40(42-31)44-41(28-16-8-3-9-17-28,29-18-10-4-11-19-29)30-20-12-5-13-21-30/h2-21,24,33,37H,22-23H2,1H3,(H,42,44)(H,43,48)(H,50,51)/t33?,37-/m1/s1. The predicted molar refractivity (Wildman–Crippen MR) is 210 cm³/mol. The molecular weight excluding hydrogens is 755 g/mol. The summed E-state index contributed by atoms with van der Waals surface area (Å²) in [7, 11) is 0. The average molecular weight is 788 g/mol. The van der Waals surface area contributed by atoms with Crippen LogP contribution in [0.25, 0.3) is 0 Å². The number of fused-ring (bicyclic) bond motifs is 1. The summed E-state index contributed by atoms with van der Waals surface area (Å²) in [5.41, 5.74) is 1.61. The summed E-state index contributed by atoms with van der Waals surface area (Å²) in [6.45, 7) is 0.908. The number of aromatic nitrogens is 1. The molecule has 3 heterocycles. The van der Waals surface area contributed by atoms with Crippen LogP contribution in [0, 0.1) is 0 Å². The lowest BCUT2D eigenvalue weighted by Gasteiger charge is -2.49. The predicted octanol–water partition coefficient (Wildman–Crippen LogP) is 5.41. The number of benzene rings is 4. The number of carboxylic acid groups (broad SMARTS) is 1. The van der Waals surface area contributed by atoms with Gasteiger partial charge in [-0.1, -0.05) is 114 Å². The number of anilines is 1. The molecule has 0 spiro atoms. The number of ether oxygens (including phenoxy) is 1. The Kier molecular flexibility index (Phi) is 11.1.